The van der Waals surface area contributed by atoms with Gasteiger partial charge in [0.15, 0.2) is 5.78 Å². The summed E-state index contributed by atoms with van der Waals surface area (Å²) in [6, 6.07) is 10.4. The molecule has 3 rings (SSSR count). The van der Waals surface area contributed by atoms with Crippen molar-refractivity contribution in [3.63, 3.8) is 0 Å². The molecule has 0 aromatic heterocycles. The van der Waals surface area contributed by atoms with Gasteiger partial charge >= 0.3 is 0 Å². The van der Waals surface area contributed by atoms with Gasteiger partial charge in [-0.1, -0.05) is 29.3 Å². The van der Waals surface area contributed by atoms with Gasteiger partial charge < -0.3 is 9.47 Å². The van der Waals surface area contributed by atoms with E-state index in [2.05, 4.69) is 0 Å². The Labute approximate surface area is 132 Å². The summed E-state index contributed by atoms with van der Waals surface area (Å²) in [5, 5.41) is 0.922. The van der Waals surface area contributed by atoms with Crippen molar-refractivity contribution in [2.45, 2.75) is 12.5 Å². The van der Waals surface area contributed by atoms with Gasteiger partial charge in [0.1, 0.15) is 17.6 Å². The van der Waals surface area contributed by atoms with E-state index >= 15 is 0 Å². The van der Waals surface area contributed by atoms with Crippen LogP contribution in [0.3, 0.4) is 0 Å². The van der Waals surface area contributed by atoms with E-state index in [4.69, 9.17) is 32.7 Å². The molecule has 0 saturated carbocycles. The largest absolute Gasteiger partial charge is 0.497 e. The van der Waals surface area contributed by atoms with Gasteiger partial charge in [-0.25, -0.2) is 0 Å². The standard InChI is InChI=1S/C16H12Cl2O3/c1-20-10-3-4-11-14(19)8-15(21-16(11)7-10)9-2-5-12(17)13(18)6-9/h2-7,15H,8H2,1H3. The minimum Gasteiger partial charge on any atom is -0.497 e. The number of Topliss-reactive ketones (excluding diaryl/α,β-unsaturated/α-hetero) is 1. The fourth-order valence-electron chi connectivity index (χ4n) is 2.33. The van der Waals surface area contributed by atoms with E-state index in [1.165, 1.54) is 0 Å². The molecule has 0 radical (unpaired) electrons. The van der Waals surface area contributed by atoms with Gasteiger partial charge in [0, 0.05) is 6.07 Å². The number of hydrogen-bond acceptors (Lipinski definition) is 3. The van der Waals surface area contributed by atoms with Crippen molar-refractivity contribution < 1.29 is 14.3 Å². The number of ether oxygens (including phenoxy) is 2. The van der Waals surface area contributed by atoms with E-state index < -0.39 is 0 Å². The van der Waals surface area contributed by atoms with Crippen LogP contribution in [0.4, 0.5) is 0 Å². The summed E-state index contributed by atoms with van der Waals surface area (Å²) in [5.74, 6) is 1.22. The molecule has 2 aromatic carbocycles. The zero-order valence-corrected chi connectivity index (χ0v) is 12.7. The molecule has 0 saturated heterocycles. The number of benzene rings is 2. The highest BCUT2D eigenvalue weighted by atomic mass is 35.5. The zero-order valence-electron chi connectivity index (χ0n) is 11.2. The third kappa shape index (κ3) is 2.71. The molecule has 0 fully saturated rings. The van der Waals surface area contributed by atoms with Gasteiger partial charge in [-0.15, -0.1) is 0 Å². The van der Waals surface area contributed by atoms with Gasteiger partial charge in [0.05, 0.1) is 29.1 Å². The smallest absolute Gasteiger partial charge is 0.170 e. The van der Waals surface area contributed by atoms with Crippen LogP contribution in [0.15, 0.2) is 36.4 Å². The monoisotopic (exact) mass is 322 g/mol. The molecule has 0 spiro atoms. The summed E-state index contributed by atoms with van der Waals surface area (Å²) < 4.78 is 11.1. The first kappa shape index (κ1) is 14.2. The number of methoxy groups -OCH3 is 1. The Morgan fingerprint density at radius 3 is 2.67 bits per heavy atom. The Kier molecular flexibility index (Phi) is 3.79. The van der Waals surface area contributed by atoms with Crippen LogP contribution < -0.4 is 9.47 Å². The van der Waals surface area contributed by atoms with Crippen LogP contribution in [-0.4, -0.2) is 12.9 Å². The van der Waals surface area contributed by atoms with Crippen molar-refractivity contribution in [2.24, 2.45) is 0 Å². The Morgan fingerprint density at radius 1 is 1.14 bits per heavy atom. The molecule has 3 nitrogen and oxygen atoms in total. The maximum atomic E-state index is 12.2. The zero-order chi connectivity index (χ0) is 15.0. The van der Waals surface area contributed by atoms with Gasteiger partial charge in [0.2, 0.25) is 0 Å². The molecule has 1 aliphatic heterocycles. The van der Waals surface area contributed by atoms with Gasteiger partial charge in [-0.2, -0.15) is 0 Å². The van der Waals surface area contributed by atoms with Gasteiger partial charge in [-0.05, 0) is 29.8 Å². The lowest BCUT2D eigenvalue weighted by Gasteiger charge is -2.26. The Balaban J connectivity index is 1.96. The fraction of sp³-hybridized carbons (Fsp3) is 0.188. The van der Waals surface area contributed by atoms with Crippen LogP contribution in [0.5, 0.6) is 11.5 Å². The first-order valence-electron chi connectivity index (χ1n) is 6.41. The third-order valence-electron chi connectivity index (χ3n) is 3.44. The number of halogens is 2. The number of ketones is 1. The first-order chi connectivity index (χ1) is 10.1. The van der Waals surface area contributed by atoms with Crippen molar-refractivity contribution in [1.29, 1.82) is 0 Å². The van der Waals surface area contributed by atoms with Crippen LogP contribution in [0.2, 0.25) is 10.0 Å². The van der Waals surface area contributed by atoms with E-state index in [0.29, 0.717) is 27.1 Å². The number of carbonyl (C=O) groups excluding carboxylic acids is 1. The summed E-state index contributed by atoms with van der Waals surface area (Å²) >= 11 is 11.9. The summed E-state index contributed by atoms with van der Waals surface area (Å²) in [6.07, 6.45) is -0.0935. The predicted octanol–water partition coefficient (Wildman–Crippen LogP) is 4.71. The highest BCUT2D eigenvalue weighted by Gasteiger charge is 2.28. The van der Waals surface area contributed by atoms with E-state index in [1.54, 1.807) is 37.4 Å². The lowest BCUT2D eigenvalue weighted by Crippen LogP contribution is -2.20. The van der Waals surface area contributed by atoms with E-state index in [0.717, 1.165) is 5.56 Å². The summed E-state index contributed by atoms with van der Waals surface area (Å²) in [7, 11) is 1.57. The van der Waals surface area contributed by atoms with E-state index in [-0.39, 0.29) is 18.3 Å². The highest BCUT2D eigenvalue weighted by molar-refractivity contribution is 6.42. The SMILES string of the molecule is COc1ccc2c(c1)OC(c1ccc(Cl)c(Cl)c1)CC2=O. The van der Waals surface area contributed by atoms with Crippen LogP contribution in [0, 0.1) is 0 Å². The maximum absolute atomic E-state index is 12.2. The maximum Gasteiger partial charge on any atom is 0.170 e. The van der Waals surface area contributed by atoms with Crippen molar-refractivity contribution in [3.8, 4) is 11.5 Å². The molecule has 0 N–H and O–H groups in total. The molecular formula is C16H12Cl2O3. The van der Waals surface area contributed by atoms with E-state index in [9.17, 15) is 4.79 Å². The second-order valence-electron chi connectivity index (χ2n) is 4.77. The van der Waals surface area contributed by atoms with Crippen molar-refractivity contribution in [2.75, 3.05) is 7.11 Å². The second-order valence-corrected chi connectivity index (χ2v) is 5.58. The molecule has 5 heteroatoms. The molecule has 1 atom stereocenters. The van der Waals surface area contributed by atoms with Crippen LogP contribution in [0.1, 0.15) is 28.4 Å². The molecule has 0 bridgehead atoms. The van der Waals surface area contributed by atoms with Gasteiger partial charge in [-0.3, -0.25) is 4.79 Å². The number of rotatable bonds is 2. The van der Waals surface area contributed by atoms with E-state index in [1.807, 2.05) is 6.07 Å². The van der Waals surface area contributed by atoms with Gasteiger partial charge in [0.25, 0.3) is 0 Å². The van der Waals surface area contributed by atoms with Crippen LogP contribution >= 0.6 is 23.2 Å². The normalized spacial score (nSPS) is 17.1. The molecule has 0 aliphatic carbocycles. The molecule has 0 amide bonds. The molecule has 2 aromatic rings. The third-order valence-corrected chi connectivity index (χ3v) is 4.18. The molecule has 1 aliphatic rings. The topological polar surface area (TPSA) is 35.5 Å². The average molecular weight is 323 g/mol. The number of hydrogen-bond donors (Lipinski definition) is 0. The minimum absolute atomic E-state index is 0.0370. The van der Waals surface area contributed by atoms with Crippen molar-refractivity contribution in [1.82, 2.24) is 0 Å². The minimum atomic E-state index is -0.369. The average Bonchev–Trinajstić information content (AvgIpc) is 2.49. The predicted molar refractivity (Wildman–Crippen MR) is 81.8 cm³/mol. The molecule has 108 valence electrons. The molecule has 1 unspecified atom stereocenters. The van der Waals surface area contributed by atoms with Crippen LogP contribution in [-0.2, 0) is 0 Å². The van der Waals surface area contributed by atoms with Crippen LogP contribution in [0.25, 0.3) is 0 Å². The Bertz CT molecular complexity index is 713. The number of fused-ring (bicyclic) bond motifs is 1. The molecular weight excluding hydrogens is 311 g/mol. The summed E-state index contributed by atoms with van der Waals surface area (Å²) in [4.78, 5) is 12.2. The summed E-state index contributed by atoms with van der Waals surface area (Å²) in [6.45, 7) is 0. The second kappa shape index (κ2) is 5.58. The lowest BCUT2D eigenvalue weighted by molar-refractivity contribution is 0.0849. The fourth-order valence-corrected chi connectivity index (χ4v) is 2.64. The molecule has 1 heterocycles. The Hall–Kier alpha value is -1.71. The van der Waals surface area contributed by atoms with Crippen molar-refractivity contribution in [3.05, 3.63) is 57.6 Å². The summed E-state index contributed by atoms with van der Waals surface area (Å²) in [5.41, 5.74) is 1.40. The number of carbonyl (C=O) groups is 1. The lowest BCUT2D eigenvalue weighted by atomic mass is 9.96. The Morgan fingerprint density at radius 2 is 1.95 bits per heavy atom. The van der Waals surface area contributed by atoms with Crippen molar-refractivity contribution >= 4 is 29.0 Å². The quantitative estimate of drug-likeness (QED) is 0.803. The highest BCUT2D eigenvalue weighted by Crippen LogP contribution is 2.38. The molecule has 21 heavy (non-hydrogen) atoms. The first-order valence-corrected chi connectivity index (χ1v) is 7.17.